The zero-order valence-electron chi connectivity index (χ0n) is 14.6. The minimum atomic E-state index is -0.484. The van der Waals surface area contributed by atoms with Crippen molar-refractivity contribution < 1.29 is 18.8 Å². The lowest BCUT2D eigenvalue weighted by Gasteiger charge is -2.33. The van der Waals surface area contributed by atoms with E-state index in [1.165, 1.54) is 23.1 Å². The fourth-order valence-corrected chi connectivity index (χ4v) is 3.24. The van der Waals surface area contributed by atoms with Gasteiger partial charge in [0.15, 0.2) is 6.54 Å². The average Bonchev–Trinajstić information content (AvgIpc) is 2.65. The van der Waals surface area contributed by atoms with E-state index in [4.69, 9.17) is 16.3 Å². The quantitative estimate of drug-likeness (QED) is 0.834. The fourth-order valence-electron chi connectivity index (χ4n) is 3.07. The molecule has 0 radical (unpaired) electrons. The normalized spacial score (nSPS) is 15.0. The van der Waals surface area contributed by atoms with E-state index in [0.717, 1.165) is 37.6 Å². The number of hydrogen-bond acceptors (Lipinski definition) is 3. The van der Waals surface area contributed by atoms with Gasteiger partial charge in [0.25, 0.3) is 5.91 Å². The van der Waals surface area contributed by atoms with E-state index < -0.39 is 5.82 Å². The van der Waals surface area contributed by atoms with Crippen molar-refractivity contribution in [1.29, 1.82) is 0 Å². The molecule has 0 unspecified atom stereocenters. The first-order valence-electron chi connectivity index (χ1n) is 8.52. The van der Waals surface area contributed by atoms with Gasteiger partial charge in [0.1, 0.15) is 11.6 Å². The molecule has 1 heterocycles. The topological polar surface area (TPSA) is 46.0 Å². The lowest BCUT2D eigenvalue weighted by molar-refractivity contribution is -0.892. The maximum atomic E-state index is 13.7. The Labute approximate surface area is 157 Å². The number of nitrogens with zero attached hydrogens (tertiary/aromatic N) is 1. The monoisotopic (exact) mass is 378 g/mol. The number of piperazine rings is 1. The zero-order valence-corrected chi connectivity index (χ0v) is 15.4. The predicted molar refractivity (Wildman–Crippen MR) is 101 cm³/mol. The second-order valence-corrected chi connectivity index (χ2v) is 6.72. The number of carbonyl (C=O) groups excluding carboxylic acids is 1. The highest BCUT2D eigenvalue weighted by molar-refractivity contribution is 6.30. The second-order valence-electron chi connectivity index (χ2n) is 6.28. The first-order valence-corrected chi connectivity index (χ1v) is 8.90. The van der Waals surface area contributed by atoms with Crippen LogP contribution in [0.1, 0.15) is 0 Å². The number of amides is 1. The van der Waals surface area contributed by atoms with E-state index in [1.54, 1.807) is 7.11 Å². The summed E-state index contributed by atoms with van der Waals surface area (Å²) in [6.45, 7) is 3.72. The number of halogens is 2. The summed E-state index contributed by atoms with van der Waals surface area (Å²) in [6, 6.07) is 12.1. The Hall–Kier alpha value is -2.31. The molecule has 0 aromatic heterocycles. The number of carbonyl (C=O) groups is 1. The van der Waals surface area contributed by atoms with Gasteiger partial charge in [-0.3, -0.25) is 4.79 Å². The number of hydrogen-bond donors (Lipinski definition) is 2. The van der Waals surface area contributed by atoms with Gasteiger partial charge in [0.2, 0.25) is 0 Å². The van der Waals surface area contributed by atoms with E-state index in [0.29, 0.717) is 11.6 Å². The average molecular weight is 379 g/mol. The van der Waals surface area contributed by atoms with Crippen LogP contribution in [0.3, 0.4) is 0 Å². The van der Waals surface area contributed by atoms with E-state index >= 15 is 0 Å². The molecule has 0 atom stereocenters. The Bertz CT molecular complexity index is 762. The summed E-state index contributed by atoms with van der Waals surface area (Å²) in [4.78, 5) is 15.7. The van der Waals surface area contributed by atoms with Crippen molar-refractivity contribution in [2.24, 2.45) is 0 Å². The van der Waals surface area contributed by atoms with Gasteiger partial charge in [0, 0.05) is 10.7 Å². The van der Waals surface area contributed by atoms with E-state index in [9.17, 15) is 9.18 Å². The van der Waals surface area contributed by atoms with Crippen LogP contribution < -0.4 is 19.9 Å². The molecule has 2 aromatic rings. The zero-order chi connectivity index (χ0) is 18.5. The van der Waals surface area contributed by atoms with Crippen LogP contribution in [0.2, 0.25) is 5.02 Å². The van der Waals surface area contributed by atoms with Crippen LogP contribution in [0.25, 0.3) is 0 Å². The summed E-state index contributed by atoms with van der Waals surface area (Å²) in [5, 5.41) is 3.00. The van der Waals surface area contributed by atoms with Crippen molar-refractivity contribution in [2.45, 2.75) is 0 Å². The molecule has 1 saturated heterocycles. The van der Waals surface area contributed by atoms with E-state index in [1.807, 2.05) is 24.3 Å². The number of rotatable bonds is 5. The minimum Gasteiger partial charge on any atom is -0.497 e. The van der Waals surface area contributed by atoms with Gasteiger partial charge < -0.3 is 19.9 Å². The summed E-state index contributed by atoms with van der Waals surface area (Å²) in [6.07, 6.45) is 0. The van der Waals surface area contributed by atoms with Crippen LogP contribution in [0.4, 0.5) is 15.8 Å². The number of ether oxygens (including phenoxy) is 1. The smallest absolute Gasteiger partial charge is 0.279 e. The number of anilines is 2. The standard InChI is InChI=1S/C19H21ClFN3O2/c1-26-16-5-3-15(4-6-16)24-10-8-23(9-11-24)13-19(25)22-18-12-14(20)2-7-17(18)21/h2-7,12H,8-11,13H2,1H3,(H,22,25)/p+1. The van der Waals surface area contributed by atoms with Crippen LogP contribution in [-0.2, 0) is 4.79 Å². The van der Waals surface area contributed by atoms with Crippen molar-refractivity contribution in [3.05, 3.63) is 53.3 Å². The maximum Gasteiger partial charge on any atom is 0.279 e. The number of benzene rings is 2. The van der Waals surface area contributed by atoms with Gasteiger partial charge in [-0.2, -0.15) is 0 Å². The molecule has 138 valence electrons. The van der Waals surface area contributed by atoms with Crippen LogP contribution in [0, 0.1) is 5.82 Å². The first kappa shape index (κ1) is 18.5. The third-order valence-electron chi connectivity index (χ3n) is 4.52. The van der Waals surface area contributed by atoms with Crippen LogP contribution in [0.5, 0.6) is 5.75 Å². The minimum absolute atomic E-state index is 0.124. The third kappa shape index (κ3) is 4.65. The van der Waals surface area contributed by atoms with Gasteiger partial charge in [0.05, 0.1) is 39.0 Å². The molecule has 7 heteroatoms. The highest BCUT2D eigenvalue weighted by Gasteiger charge is 2.22. The Kier molecular flexibility index (Phi) is 5.96. The highest BCUT2D eigenvalue weighted by atomic mass is 35.5. The van der Waals surface area contributed by atoms with Crippen molar-refractivity contribution in [3.8, 4) is 5.75 Å². The number of methoxy groups -OCH3 is 1. The molecule has 0 spiro atoms. The SMILES string of the molecule is COc1ccc(N2CC[NH+](CC(=O)Nc3cc(Cl)ccc3F)CC2)cc1. The van der Waals surface area contributed by atoms with Gasteiger partial charge in [-0.15, -0.1) is 0 Å². The van der Waals surface area contributed by atoms with Crippen LogP contribution >= 0.6 is 11.6 Å². The van der Waals surface area contributed by atoms with Gasteiger partial charge in [-0.05, 0) is 42.5 Å². The van der Waals surface area contributed by atoms with Crippen molar-refractivity contribution in [2.75, 3.05) is 50.1 Å². The number of quaternary nitrogens is 1. The van der Waals surface area contributed by atoms with Crippen molar-refractivity contribution in [3.63, 3.8) is 0 Å². The second kappa shape index (κ2) is 8.38. The van der Waals surface area contributed by atoms with Crippen molar-refractivity contribution >= 4 is 28.9 Å². The Morgan fingerprint density at radius 2 is 1.92 bits per heavy atom. The first-order chi connectivity index (χ1) is 12.5. The molecule has 1 fully saturated rings. The molecule has 2 aromatic carbocycles. The molecule has 0 bridgehead atoms. The molecule has 2 N–H and O–H groups in total. The van der Waals surface area contributed by atoms with Crippen LogP contribution in [-0.4, -0.2) is 45.7 Å². The molecule has 3 rings (SSSR count). The van der Waals surface area contributed by atoms with Gasteiger partial charge >= 0.3 is 0 Å². The maximum absolute atomic E-state index is 13.7. The summed E-state index contributed by atoms with van der Waals surface area (Å²) < 4.78 is 18.9. The summed E-state index contributed by atoms with van der Waals surface area (Å²) in [5.41, 5.74) is 1.27. The summed E-state index contributed by atoms with van der Waals surface area (Å²) >= 11 is 5.85. The summed E-state index contributed by atoms with van der Waals surface area (Å²) in [5.74, 6) is 0.143. The molecule has 1 aliphatic heterocycles. The largest absolute Gasteiger partial charge is 0.497 e. The third-order valence-corrected chi connectivity index (χ3v) is 4.76. The van der Waals surface area contributed by atoms with E-state index in [-0.39, 0.29) is 11.6 Å². The van der Waals surface area contributed by atoms with E-state index in [2.05, 4.69) is 10.2 Å². The van der Waals surface area contributed by atoms with Gasteiger partial charge in [-0.1, -0.05) is 11.6 Å². The molecular formula is C19H22ClFN3O2+. The lowest BCUT2D eigenvalue weighted by Crippen LogP contribution is -3.15. The number of nitrogens with one attached hydrogen (secondary N) is 2. The highest BCUT2D eigenvalue weighted by Crippen LogP contribution is 2.20. The predicted octanol–water partition coefficient (Wildman–Crippen LogP) is 1.83. The molecular weight excluding hydrogens is 357 g/mol. The molecule has 5 nitrogen and oxygen atoms in total. The van der Waals surface area contributed by atoms with Crippen molar-refractivity contribution in [1.82, 2.24) is 0 Å². The van der Waals surface area contributed by atoms with Crippen LogP contribution in [0.15, 0.2) is 42.5 Å². The summed E-state index contributed by atoms with van der Waals surface area (Å²) in [7, 11) is 1.65. The molecule has 1 aliphatic rings. The molecule has 1 amide bonds. The van der Waals surface area contributed by atoms with Gasteiger partial charge in [-0.25, -0.2) is 4.39 Å². The molecule has 26 heavy (non-hydrogen) atoms. The fraction of sp³-hybridized carbons (Fsp3) is 0.316. The Balaban J connectivity index is 1.50. The Morgan fingerprint density at radius 1 is 1.23 bits per heavy atom. The Morgan fingerprint density at radius 3 is 2.58 bits per heavy atom. The lowest BCUT2D eigenvalue weighted by atomic mass is 10.2. The molecule has 0 saturated carbocycles. The molecule has 0 aliphatic carbocycles.